The highest BCUT2D eigenvalue weighted by Gasteiger charge is 2.46. The van der Waals surface area contributed by atoms with Crippen molar-refractivity contribution in [3.63, 3.8) is 0 Å². The van der Waals surface area contributed by atoms with Crippen molar-refractivity contribution in [3.8, 4) is 11.5 Å². The molecule has 7 heteroatoms. The minimum Gasteiger partial charge on any atom is -0.507 e. The van der Waals surface area contributed by atoms with Crippen LogP contribution in [0.3, 0.4) is 0 Å². The highest BCUT2D eigenvalue weighted by Crippen LogP contribution is 2.40. The maximum Gasteiger partial charge on any atom is 0.295 e. The largest absolute Gasteiger partial charge is 0.507 e. The number of Topliss-reactive ketones (excluding diaryl/α,β-unsaturated/α-hetero) is 1. The van der Waals surface area contributed by atoms with E-state index in [9.17, 15) is 14.7 Å². The number of likely N-dealkylation sites (tertiary alicyclic amines) is 1. The first-order valence-electron chi connectivity index (χ1n) is 12.4. The molecule has 0 spiro atoms. The number of ketones is 1. The number of ether oxygens (including phenoxy) is 2. The van der Waals surface area contributed by atoms with Gasteiger partial charge >= 0.3 is 0 Å². The average Bonchev–Trinajstić information content (AvgIpc) is 3.35. The second-order valence-corrected chi connectivity index (χ2v) is 8.98. The summed E-state index contributed by atoms with van der Waals surface area (Å²) in [5, 5.41) is 11.4. The molecule has 2 aliphatic rings. The fourth-order valence-electron chi connectivity index (χ4n) is 4.88. The summed E-state index contributed by atoms with van der Waals surface area (Å²) in [6, 6.07) is 12.1. The van der Waals surface area contributed by atoms with E-state index >= 15 is 0 Å². The Bertz CT molecular complexity index is 1120. The number of likely N-dealkylation sites (N-methyl/N-ethyl adjacent to an activating group) is 1. The Morgan fingerprint density at radius 1 is 1.11 bits per heavy atom. The molecular formula is C28H34N2O5. The van der Waals surface area contributed by atoms with Crippen LogP contribution in [-0.4, -0.2) is 65.5 Å². The van der Waals surface area contributed by atoms with E-state index in [2.05, 4.69) is 18.7 Å². The fraction of sp³-hybridized carbons (Fsp3) is 0.429. The molecule has 186 valence electrons. The van der Waals surface area contributed by atoms with E-state index in [4.69, 9.17) is 9.47 Å². The molecule has 0 radical (unpaired) electrons. The summed E-state index contributed by atoms with van der Waals surface area (Å²) < 4.78 is 11.3. The monoisotopic (exact) mass is 478 g/mol. The SMILES string of the molecule is CCOc1ccc(C2/C(=C(/O)c3ccc4c(c3)CC(C)O4)C(=O)C(=O)N2CCN(CC)CC)cc1. The molecule has 0 aromatic heterocycles. The number of carbonyl (C=O) groups excluding carboxylic acids is 2. The summed E-state index contributed by atoms with van der Waals surface area (Å²) in [7, 11) is 0. The number of carbonyl (C=O) groups is 2. The highest BCUT2D eigenvalue weighted by molar-refractivity contribution is 6.46. The van der Waals surface area contributed by atoms with Gasteiger partial charge in [0.25, 0.3) is 11.7 Å². The summed E-state index contributed by atoms with van der Waals surface area (Å²) in [5.41, 5.74) is 2.37. The van der Waals surface area contributed by atoms with Gasteiger partial charge in [-0.15, -0.1) is 0 Å². The number of hydrogen-bond donors (Lipinski definition) is 1. The maximum atomic E-state index is 13.3. The van der Waals surface area contributed by atoms with Gasteiger partial charge in [-0.3, -0.25) is 9.59 Å². The van der Waals surface area contributed by atoms with E-state index in [1.807, 2.05) is 50.2 Å². The van der Waals surface area contributed by atoms with Crippen LogP contribution in [0.15, 0.2) is 48.0 Å². The Morgan fingerprint density at radius 3 is 2.49 bits per heavy atom. The second-order valence-electron chi connectivity index (χ2n) is 8.98. The summed E-state index contributed by atoms with van der Waals surface area (Å²) in [6.45, 7) is 11.3. The zero-order valence-corrected chi connectivity index (χ0v) is 20.9. The third-order valence-corrected chi connectivity index (χ3v) is 6.77. The van der Waals surface area contributed by atoms with Crippen LogP contribution in [0.2, 0.25) is 0 Å². The van der Waals surface area contributed by atoms with Gasteiger partial charge in [-0.2, -0.15) is 0 Å². The minimum absolute atomic E-state index is 0.0666. The van der Waals surface area contributed by atoms with Gasteiger partial charge in [0.1, 0.15) is 23.4 Å². The van der Waals surface area contributed by atoms with Crippen LogP contribution in [0, 0.1) is 0 Å². The molecule has 1 amide bonds. The van der Waals surface area contributed by atoms with Crippen molar-refractivity contribution in [2.45, 2.75) is 46.3 Å². The van der Waals surface area contributed by atoms with Crippen molar-refractivity contribution in [3.05, 3.63) is 64.7 Å². The summed E-state index contributed by atoms with van der Waals surface area (Å²) in [5.74, 6) is 0.0950. The molecule has 7 nitrogen and oxygen atoms in total. The molecule has 2 aromatic carbocycles. The van der Waals surface area contributed by atoms with Gasteiger partial charge in [-0.25, -0.2) is 0 Å². The number of benzene rings is 2. The van der Waals surface area contributed by atoms with Gasteiger partial charge in [0.05, 0.1) is 18.2 Å². The first kappa shape index (κ1) is 24.8. The highest BCUT2D eigenvalue weighted by atomic mass is 16.5. The Balaban J connectivity index is 1.76. The van der Waals surface area contributed by atoms with Crippen LogP contribution >= 0.6 is 0 Å². The van der Waals surface area contributed by atoms with Crippen molar-refractivity contribution in [2.24, 2.45) is 0 Å². The third-order valence-electron chi connectivity index (χ3n) is 6.77. The second kappa shape index (κ2) is 10.5. The Labute approximate surface area is 206 Å². The predicted molar refractivity (Wildman–Crippen MR) is 135 cm³/mol. The van der Waals surface area contributed by atoms with Crippen molar-refractivity contribution in [1.29, 1.82) is 0 Å². The molecule has 1 N–H and O–H groups in total. The van der Waals surface area contributed by atoms with Gasteiger partial charge in [-0.05, 0) is 68.4 Å². The molecule has 2 heterocycles. The lowest BCUT2D eigenvalue weighted by Crippen LogP contribution is -2.38. The number of aliphatic hydroxyl groups excluding tert-OH is 1. The smallest absolute Gasteiger partial charge is 0.295 e. The number of rotatable bonds is 9. The van der Waals surface area contributed by atoms with Gasteiger partial charge in [0.15, 0.2) is 0 Å². The van der Waals surface area contributed by atoms with Gasteiger partial charge in [-0.1, -0.05) is 26.0 Å². The van der Waals surface area contributed by atoms with E-state index in [-0.39, 0.29) is 17.4 Å². The van der Waals surface area contributed by atoms with Crippen LogP contribution in [0.1, 0.15) is 50.4 Å². The molecule has 0 aliphatic carbocycles. The lowest BCUT2D eigenvalue weighted by atomic mass is 9.94. The van der Waals surface area contributed by atoms with Crippen LogP contribution in [0.5, 0.6) is 11.5 Å². The van der Waals surface area contributed by atoms with E-state index in [0.717, 1.165) is 36.4 Å². The molecule has 2 aromatic rings. The Morgan fingerprint density at radius 2 is 1.83 bits per heavy atom. The predicted octanol–water partition coefficient (Wildman–Crippen LogP) is 4.17. The van der Waals surface area contributed by atoms with Crippen molar-refractivity contribution >= 4 is 17.4 Å². The number of aliphatic hydroxyl groups is 1. The lowest BCUT2D eigenvalue weighted by Gasteiger charge is -2.28. The molecule has 1 saturated heterocycles. The quantitative estimate of drug-likeness (QED) is 0.331. The van der Waals surface area contributed by atoms with E-state index in [0.29, 0.717) is 31.0 Å². The molecule has 1 fully saturated rings. The Kier molecular flexibility index (Phi) is 7.45. The van der Waals surface area contributed by atoms with Crippen LogP contribution in [-0.2, 0) is 16.0 Å². The Hall–Kier alpha value is -3.32. The first-order chi connectivity index (χ1) is 16.9. The standard InChI is InChI=1S/C28H34N2O5/c1-5-29(6-2)14-15-30-25(19-8-11-22(12-9-19)34-7-3)24(27(32)28(30)33)26(31)20-10-13-23-21(17-20)16-18(4)35-23/h8-13,17-18,25,31H,5-7,14-16H2,1-4H3/b26-24-. The molecule has 0 saturated carbocycles. The molecule has 2 aliphatic heterocycles. The summed E-state index contributed by atoms with van der Waals surface area (Å²) in [4.78, 5) is 30.3. The topological polar surface area (TPSA) is 79.3 Å². The van der Waals surface area contributed by atoms with Crippen LogP contribution < -0.4 is 9.47 Å². The van der Waals surface area contributed by atoms with Crippen molar-refractivity contribution in [2.75, 3.05) is 32.8 Å². The van der Waals surface area contributed by atoms with E-state index in [1.165, 1.54) is 0 Å². The number of hydrogen-bond acceptors (Lipinski definition) is 6. The summed E-state index contributed by atoms with van der Waals surface area (Å²) >= 11 is 0. The zero-order valence-electron chi connectivity index (χ0n) is 20.9. The third kappa shape index (κ3) is 4.91. The number of amides is 1. The number of nitrogens with zero attached hydrogens (tertiary/aromatic N) is 2. The molecule has 35 heavy (non-hydrogen) atoms. The number of fused-ring (bicyclic) bond motifs is 1. The van der Waals surface area contributed by atoms with E-state index < -0.39 is 17.7 Å². The van der Waals surface area contributed by atoms with Crippen LogP contribution in [0.25, 0.3) is 5.76 Å². The van der Waals surface area contributed by atoms with Crippen molar-refractivity contribution in [1.82, 2.24) is 9.80 Å². The molecule has 2 atom stereocenters. The molecular weight excluding hydrogens is 444 g/mol. The molecule has 0 bridgehead atoms. The fourth-order valence-corrected chi connectivity index (χ4v) is 4.88. The van der Waals surface area contributed by atoms with Crippen molar-refractivity contribution < 1.29 is 24.2 Å². The molecule has 2 unspecified atom stereocenters. The summed E-state index contributed by atoms with van der Waals surface area (Å²) in [6.07, 6.45) is 0.800. The zero-order chi connectivity index (χ0) is 25.1. The first-order valence-corrected chi connectivity index (χ1v) is 12.4. The normalized spacial score (nSPS) is 20.9. The van der Waals surface area contributed by atoms with E-state index in [1.54, 1.807) is 11.0 Å². The average molecular weight is 479 g/mol. The maximum absolute atomic E-state index is 13.3. The van der Waals surface area contributed by atoms with Crippen LogP contribution in [0.4, 0.5) is 0 Å². The van der Waals surface area contributed by atoms with Gasteiger partial charge < -0.3 is 24.4 Å². The lowest BCUT2D eigenvalue weighted by molar-refractivity contribution is -0.140. The molecule has 4 rings (SSSR count). The minimum atomic E-state index is -0.676. The van der Waals surface area contributed by atoms with Gasteiger partial charge in [0.2, 0.25) is 0 Å². The van der Waals surface area contributed by atoms with Gasteiger partial charge in [0, 0.05) is 25.1 Å².